The molecule has 16 heavy (non-hydrogen) atoms. The van der Waals surface area contributed by atoms with Gasteiger partial charge in [0.1, 0.15) is 5.76 Å². The maximum atomic E-state index is 11.0. The molecule has 0 aliphatic carbocycles. The lowest BCUT2D eigenvalue weighted by atomic mass is 10.1. The van der Waals surface area contributed by atoms with E-state index in [9.17, 15) is 9.59 Å². The molecule has 0 saturated carbocycles. The van der Waals surface area contributed by atoms with Crippen molar-refractivity contribution in [1.29, 1.82) is 0 Å². The number of carboxylic acids is 1. The SMILES string of the molecule is C=CC(=O)OC(CC)=C(CC1CO1)C(=O)O. The highest BCUT2D eigenvalue weighted by molar-refractivity contribution is 5.89. The van der Waals surface area contributed by atoms with Crippen molar-refractivity contribution in [1.82, 2.24) is 0 Å². The van der Waals surface area contributed by atoms with E-state index in [1.807, 2.05) is 0 Å². The zero-order valence-corrected chi connectivity index (χ0v) is 9.06. The summed E-state index contributed by atoms with van der Waals surface area (Å²) < 4.78 is 9.84. The molecule has 1 rings (SSSR count). The Hall–Kier alpha value is -1.62. The molecule has 0 spiro atoms. The summed E-state index contributed by atoms with van der Waals surface area (Å²) in [5, 5.41) is 9.01. The van der Waals surface area contributed by atoms with E-state index in [4.69, 9.17) is 14.6 Å². The molecule has 0 aromatic rings. The highest BCUT2D eigenvalue weighted by Gasteiger charge is 2.29. The van der Waals surface area contributed by atoms with Crippen LogP contribution >= 0.6 is 0 Å². The van der Waals surface area contributed by atoms with Gasteiger partial charge < -0.3 is 14.6 Å². The van der Waals surface area contributed by atoms with Crippen molar-refractivity contribution in [2.45, 2.75) is 25.9 Å². The largest absolute Gasteiger partial charge is 0.478 e. The Morgan fingerprint density at radius 2 is 2.25 bits per heavy atom. The quantitative estimate of drug-likeness (QED) is 0.319. The Morgan fingerprint density at radius 3 is 2.62 bits per heavy atom. The normalized spacial score (nSPS) is 19.7. The minimum absolute atomic E-state index is 0.0601. The van der Waals surface area contributed by atoms with Crippen LogP contribution in [0.2, 0.25) is 0 Å². The third-order valence-electron chi connectivity index (χ3n) is 2.14. The molecule has 1 saturated heterocycles. The molecule has 5 nitrogen and oxygen atoms in total. The first kappa shape index (κ1) is 12.4. The van der Waals surface area contributed by atoms with Crippen LogP contribution in [0.1, 0.15) is 19.8 Å². The number of carbonyl (C=O) groups excluding carboxylic acids is 1. The van der Waals surface area contributed by atoms with Crippen LogP contribution in [-0.4, -0.2) is 29.8 Å². The number of hydrogen-bond acceptors (Lipinski definition) is 4. The molecule has 1 atom stereocenters. The van der Waals surface area contributed by atoms with Crippen molar-refractivity contribution < 1.29 is 24.2 Å². The fourth-order valence-electron chi connectivity index (χ4n) is 1.24. The van der Waals surface area contributed by atoms with Gasteiger partial charge in [0.05, 0.1) is 18.3 Å². The molecule has 1 N–H and O–H groups in total. The van der Waals surface area contributed by atoms with Gasteiger partial charge in [-0.15, -0.1) is 0 Å². The third-order valence-corrected chi connectivity index (χ3v) is 2.14. The fourth-order valence-corrected chi connectivity index (χ4v) is 1.24. The summed E-state index contributed by atoms with van der Waals surface area (Å²) in [6.45, 7) is 5.54. The van der Waals surface area contributed by atoms with Gasteiger partial charge in [-0.25, -0.2) is 9.59 Å². The summed E-state index contributed by atoms with van der Waals surface area (Å²) in [6.07, 6.45) is 1.55. The number of rotatable bonds is 6. The summed E-state index contributed by atoms with van der Waals surface area (Å²) in [5.74, 6) is -1.55. The van der Waals surface area contributed by atoms with Gasteiger partial charge in [0.15, 0.2) is 0 Å². The van der Waals surface area contributed by atoms with Crippen LogP contribution in [0, 0.1) is 0 Å². The van der Waals surface area contributed by atoms with E-state index in [1.165, 1.54) is 0 Å². The van der Waals surface area contributed by atoms with Gasteiger partial charge >= 0.3 is 11.9 Å². The molecule has 5 heteroatoms. The number of carbonyl (C=O) groups is 2. The first-order chi connectivity index (χ1) is 7.58. The average molecular weight is 226 g/mol. The second-order valence-electron chi connectivity index (χ2n) is 3.35. The molecular weight excluding hydrogens is 212 g/mol. The Kier molecular flexibility index (Phi) is 4.25. The molecule has 1 aliphatic heterocycles. The lowest BCUT2D eigenvalue weighted by molar-refractivity contribution is -0.135. The van der Waals surface area contributed by atoms with Gasteiger partial charge in [-0.1, -0.05) is 13.5 Å². The van der Waals surface area contributed by atoms with Crippen molar-refractivity contribution in [2.75, 3.05) is 6.61 Å². The Bertz CT molecular complexity index is 338. The van der Waals surface area contributed by atoms with Crippen LogP contribution in [-0.2, 0) is 19.1 Å². The smallest absolute Gasteiger partial charge is 0.335 e. The van der Waals surface area contributed by atoms with Crippen LogP contribution in [0.15, 0.2) is 24.0 Å². The van der Waals surface area contributed by atoms with Crippen LogP contribution < -0.4 is 0 Å². The summed E-state index contributed by atoms with van der Waals surface area (Å²) in [6, 6.07) is 0. The Labute approximate surface area is 93.3 Å². The number of ether oxygens (including phenoxy) is 2. The van der Waals surface area contributed by atoms with E-state index in [0.717, 1.165) is 6.08 Å². The molecule has 0 amide bonds. The second kappa shape index (κ2) is 5.46. The Balaban J connectivity index is 2.83. The first-order valence-corrected chi connectivity index (χ1v) is 4.99. The molecule has 1 heterocycles. The second-order valence-corrected chi connectivity index (χ2v) is 3.35. The summed E-state index contributed by atoms with van der Waals surface area (Å²) in [5.41, 5.74) is 0.0974. The number of hydrogen-bond donors (Lipinski definition) is 1. The van der Waals surface area contributed by atoms with E-state index >= 15 is 0 Å². The van der Waals surface area contributed by atoms with E-state index in [-0.39, 0.29) is 23.9 Å². The van der Waals surface area contributed by atoms with Gasteiger partial charge in [0.25, 0.3) is 0 Å². The molecule has 1 fully saturated rings. The average Bonchev–Trinajstić information content (AvgIpc) is 3.06. The van der Waals surface area contributed by atoms with Crippen LogP contribution in [0.25, 0.3) is 0 Å². The van der Waals surface area contributed by atoms with Gasteiger partial charge in [0, 0.05) is 18.9 Å². The number of allylic oxidation sites excluding steroid dienone is 1. The molecular formula is C11H14O5. The van der Waals surface area contributed by atoms with E-state index in [2.05, 4.69) is 6.58 Å². The van der Waals surface area contributed by atoms with Crippen molar-refractivity contribution >= 4 is 11.9 Å². The predicted molar refractivity (Wildman–Crippen MR) is 55.6 cm³/mol. The maximum absolute atomic E-state index is 11.0. The van der Waals surface area contributed by atoms with Gasteiger partial charge in [-0.2, -0.15) is 0 Å². The van der Waals surface area contributed by atoms with Gasteiger partial charge in [0.2, 0.25) is 0 Å². The molecule has 0 radical (unpaired) electrons. The van der Waals surface area contributed by atoms with E-state index in [0.29, 0.717) is 13.0 Å². The van der Waals surface area contributed by atoms with Gasteiger partial charge in [-0.05, 0) is 0 Å². The third kappa shape index (κ3) is 3.51. The molecule has 0 aromatic heterocycles. The summed E-state index contributed by atoms with van der Waals surface area (Å²) >= 11 is 0. The van der Waals surface area contributed by atoms with Crippen molar-refractivity contribution in [2.24, 2.45) is 0 Å². The molecule has 1 unspecified atom stereocenters. The highest BCUT2D eigenvalue weighted by Crippen LogP contribution is 2.23. The summed E-state index contributed by atoms with van der Waals surface area (Å²) in [7, 11) is 0. The number of epoxide rings is 1. The fraction of sp³-hybridized carbons (Fsp3) is 0.455. The molecule has 0 aromatic carbocycles. The lowest BCUT2D eigenvalue weighted by Gasteiger charge is -2.09. The zero-order chi connectivity index (χ0) is 12.1. The van der Waals surface area contributed by atoms with Gasteiger partial charge in [-0.3, -0.25) is 0 Å². The molecule has 1 aliphatic rings. The van der Waals surface area contributed by atoms with Crippen LogP contribution in [0.4, 0.5) is 0 Å². The minimum Gasteiger partial charge on any atom is -0.478 e. The van der Waals surface area contributed by atoms with E-state index < -0.39 is 11.9 Å². The van der Waals surface area contributed by atoms with E-state index in [1.54, 1.807) is 6.92 Å². The lowest BCUT2D eigenvalue weighted by Crippen LogP contribution is -2.11. The van der Waals surface area contributed by atoms with Crippen molar-refractivity contribution in [3.05, 3.63) is 24.0 Å². The minimum atomic E-state index is -1.08. The van der Waals surface area contributed by atoms with Crippen molar-refractivity contribution in [3.8, 4) is 0 Å². The summed E-state index contributed by atoms with van der Waals surface area (Å²) in [4.78, 5) is 22.0. The number of aliphatic carboxylic acids is 1. The standard InChI is InChI=1S/C11H14O5/c1-3-9(16-10(12)4-2)8(11(13)14)5-7-6-15-7/h4,7H,2-3,5-6H2,1H3,(H,13,14). The van der Waals surface area contributed by atoms with Crippen LogP contribution in [0.5, 0.6) is 0 Å². The highest BCUT2D eigenvalue weighted by atomic mass is 16.6. The van der Waals surface area contributed by atoms with Crippen LogP contribution in [0.3, 0.4) is 0 Å². The molecule has 0 bridgehead atoms. The number of esters is 1. The zero-order valence-electron chi connectivity index (χ0n) is 9.06. The maximum Gasteiger partial charge on any atom is 0.335 e. The molecule has 88 valence electrons. The Morgan fingerprint density at radius 1 is 1.62 bits per heavy atom. The topological polar surface area (TPSA) is 76.1 Å². The predicted octanol–water partition coefficient (Wildman–Crippen LogP) is 1.25. The first-order valence-electron chi connectivity index (χ1n) is 4.99. The van der Waals surface area contributed by atoms with Crippen molar-refractivity contribution in [3.63, 3.8) is 0 Å². The number of carboxylic acid groups (broad SMARTS) is 1. The monoisotopic (exact) mass is 226 g/mol.